The van der Waals surface area contributed by atoms with Crippen LogP contribution in [-0.2, 0) is 11.4 Å². The molecule has 0 aliphatic heterocycles. The average Bonchev–Trinajstić information content (AvgIpc) is 2.28. The SMILES string of the molecule is CCCC(N[S+]([O-])C(C)(C)C)C1CCCCC1. The molecular formula is C14H29NOS. The maximum absolute atomic E-state index is 12.2. The summed E-state index contributed by atoms with van der Waals surface area (Å²) in [6, 6.07) is 0.459. The maximum Gasteiger partial charge on any atom is 0.136 e. The van der Waals surface area contributed by atoms with Gasteiger partial charge in [-0.1, -0.05) is 32.6 Å². The summed E-state index contributed by atoms with van der Waals surface area (Å²) >= 11 is -0.921. The van der Waals surface area contributed by atoms with Crippen LogP contribution >= 0.6 is 0 Å². The lowest BCUT2D eigenvalue weighted by molar-refractivity contribution is 0.278. The van der Waals surface area contributed by atoms with Crippen molar-refractivity contribution in [1.29, 1.82) is 0 Å². The number of hydrogen-bond acceptors (Lipinski definition) is 2. The van der Waals surface area contributed by atoms with E-state index in [0.29, 0.717) is 6.04 Å². The van der Waals surface area contributed by atoms with Gasteiger partial charge in [0, 0.05) is 11.4 Å². The van der Waals surface area contributed by atoms with Crippen molar-refractivity contribution < 1.29 is 4.55 Å². The van der Waals surface area contributed by atoms with E-state index in [1.165, 1.54) is 38.5 Å². The quantitative estimate of drug-likeness (QED) is 0.762. The first kappa shape index (κ1) is 15.3. The number of hydrogen-bond donors (Lipinski definition) is 1. The highest BCUT2D eigenvalue weighted by Crippen LogP contribution is 2.29. The van der Waals surface area contributed by atoms with Gasteiger partial charge in [-0.3, -0.25) is 0 Å². The lowest BCUT2D eigenvalue weighted by atomic mass is 9.83. The van der Waals surface area contributed by atoms with Crippen molar-refractivity contribution in [2.24, 2.45) is 5.92 Å². The van der Waals surface area contributed by atoms with Gasteiger partial charge in [-0.15, -0.1) is 4.72 Å². The number of nitrogens with one attached hydrogen (secondary N) is 1. The Bertz CT molecular complexity index is 209. The van der Waals surface area contributed by atoms with Crippen molar-refractivity contribution in [3.63, 3.8) is 0 Å². The Balaban J connectivity index is 2.52. The molecule has 0 radical (unpaired) electrons. The molecule has 1 N–H and O–H groups in total. The minimum atomic E-state index is -0.921. The predicted molar refractivity (Wildman–Crippen MR) is 76.3 cm³/mol. The van der Waals surface area contributed by atoms with E-state index in [2.05, 4.69) is 11.6 Å². The molecule has 0 aromatic heterocycles. The first-order valence-electron chi connectivity index (χ1n) is 7.13. The van der Waals surface area contributed by atoms with Gasteiger partial charge >= 0.3 is 0 Å². The molecule has 0 amide bonds. The molecule has 1 rings (SSSR count). The Hall–Kier alpha value is 0.270. The van der Waals surface area contributed by atoms with Crippen molar-refractivity contribution in [2.75, 3.05) is 0 Å². The van der Waals surface area contributed by atoms with Crippen LogP contribution < -0.4 is 4.72 Å². The predicted octanol–water partition coefficient (Wildman–Crippen LogP) is 3.79. The molecule has 0 saturated heterocycles. The highest BCUT2D eigenvalue weighted by molar-refractivity contribution is 7.90. The second kappa shape index (κ2) is 7.01. The highest BCUT2D eigenvalue weighted by Gasteiger charge is 2.32. The van der Waals surface area contributed by atoms with Gasteiger partial charge in [0.2, 0.25) is 0 Å². The topological polar surface area (TPSA) is 35.1 Å². The summed E-state index contributed by atoms with van der Waals surface area (Å²) in [6.45, 7) is 8.34. The summed E-state index contributed by atoms with van der Waals surface area (Å²) < 4.78 is 15.4. The highest BCUT2D eigenvalue weighted by atomic mass is 32.2. The number of rotatable bonds is 5. The Morgan fingerprint density at radius 1 is 1.24 bits per heavy atom. The van der Waals surface area contributed by atoms with Crippen molar-refractivity contribution >= 4 is 11.4 Å². The van der Waals surface area contributed by atoms with Gasteiger partial charge in [0.15, 0.2) is 0 Å². The van der Waals surface area contributed by atoms with Gasteiger partial charge in [0.05, 0.1) is 6.04 Å². The molecule has 3 heteroatoms. The van der Waals surface area contributed by atoms with Gasteiger partial charge in [-0.05, 0) is 46.0 Å². The Kier molecular flexibility index (Phi) is 6.32. The fourth-order valence-electron chi connectivity index (χ4n) is 2.55. The lowest BCUT2D eigenvalue weighted by Crippen LogP contribution is -2.47. The average molecular weight is 259 g/mol. The van der Waals surface area contributed by atoms with Crippen LogP contribution in [0.2, 0.25) is 0 Å². The largest absolute Gasteiger partial charge is 0.598 e. The molecule has 102 valence electrons. The first-order valence-corrected chi connectivity index (χ1v) is 8.28. The van der Waals surface area contributed by atoms with Gasteiger partial charge in [0.25, 0.3) is 0 Å². The molecule has 17 heavy (non-hydrogen) atoms. The van der Waals surface area contributed by atoms with E-state index in [4.69, 9.17) is 0 Å². The van der Waals surface area contributed by atoms with Crippen LogP contribution in [0.25, 0.3) is 0 Å². The fourth-order valence-corrected chi connectivity index (χ4v) is 3.49. The minimum absolute atomic E-state index is 0.152. The van der Waals surface area contributed by atoms with E-state index in [-0.39, 0.29) is 4.75 Å². The molecule has 1 aliphatic rings. The molecule has 0 bridgehead atoms. The monoisotopic (exact) mass is 259 g/mol. The van der Waals surface area contributed by atoms with Crippen molar-refractivity contribution in [3.8, 4) is 0 Å². The Morgan fingerprint density at radius 2 is 1.82 bits per heavy atom. The summed E-state index contributed by atoms with van der Waals surface area (Å²) in [4.78, 5) is 0. The zero-order valence-electron chi connectivity index (χ0n) is 11.9. The molecular weight excluding hydrogens is 230 g/mol. The zero-order valence-corrected chi connectivity index (χ0v) is 12.7. The van der Waals surface area contributed by atoms with E-state index in [1.54, 1.807) is 0 Å². The minimum Gasteiger partial charge on any atom is -0.598 e. The zero-order chi connectivity index (χ0) is 12.9. The third-order valence-electron chi connectivity index (χ3n) is 3.63. The van der Waals surface area contributed by atoms with Crippen LogP contribution in [0.1, 0.15) is 72.6 Å². The van der Waals surface area contributed by atoms with Crippen molar-refractivity contribution in [1.82, 2.24) is 4.72 Å². The molecule has 2 atom stereocenters. The van der Waals surface area contributed by atoms with Crippen LogP contribution in [0.5, 0.6) is 0 Å². The third-order valence-corrected chi connectivity index (χ3v) is 5.26. The van der Waals surface area contributed by atoms with Crippen LogP contribution in [-0.4, -0.2) is 15.3 Å². The van der Waals surface area contributed by atoms with Crippen molar-refractivity contribution in [3.05, 3.63) is 0 Å². The lowest BCUT2D eigenvalue weighted by Gasteiger charge is -2.33. The van der Waals surface area contributed by atoms with Crippen LogP contribution in [0.15, 0.2) is 0 Å². The summed E-state index contributed by atoms with van der Waals surface area (Å²) in [7, 11) is 0. The molecule has 0 aromatic rings. The summed E-state index contributed by atoms with van der Waals surface area (Å²) in [5.74, 6) is 0.745. The van der Waals surface area contributed by atoms with Crippen LogP contribution in [0.3, 0.4) is 0 Å². The fraction of sp³-hybridized carbons (Fsp3) is 1.00. The molecule has 1 saturated carbocycles. The van der Waals surface area contributed by atoms with E-state index in [9.17, 15) is 4.55 Å². The molecule has 0 heterocycles. The third kappa shape index (κ3) is 5.19. The van der Waals surface area contributed by atoms with Gasteiger partial charge in [0.1, 0.15) is 4.75 Å². The molecule has 0 spiro atoms. The van der Waals surface area contributed by atoms with Crippen LogP contribution in [0, 0.1) is 5.92 Å². The smallest absolute Gasteiger partial charge is 0.136 e. The maximum atomic E-state index is 12.2. The van der Waals surface area contributed by atoms with E-state index in [1.807, 2.05) is 20.8 Å². The van der Waals surface area contributed by atoms with E-state index >= 15 is 0 Å². The standard InChI is InChI=1S/C14H29NOS/c1-5-9-13(12-10-7-6-8-11-12)15-17(16)14(2,3)4/h12-13,15H,5-11H2,1-4H3. The van der Waals surface area contributed by atoms with E-state index < -0.39 is 11.4 Å². The Morgan fingerprint density at radius 3 is 2.29 bits per heavy atom. The summed E-state index contributed by atoms with van der Waals surface area (Å²) in [6.07, 6.45) is 9.07. The van der Waals surface area contributed by atoms with Crippen LogP contribution in [0.4, 0.5) is 0 Å². The molecule has 1 fully saturated rings. The van der Waals surface area contributed by atoms with Gasteiger partial charge in [-0.25, -0.2) is 0 Å². The first-order chi connectivity index (χ1) is 7.95. The second-order valence-corrected chi connectivity index (χ2v) is 8.29. The molecule has 0 aromatic carbocycles. The van der Waals surface area contributed by atoms with Gasteiger partial charge < -0.3 is 4.55 Å². The Labute approximate surface area is 110 Å². The summed E-state index contributed by atoms with van der Waals surface area (Å²) in [5.41, 5.74) is 0. The van der Waals surface area contributed by atoms with E-state index in [0.717, 1.165) is 12.3 Å². The normalized spacial score (nSPS) is 22.4. The van der Waals surface area contributed by atoms with Crippen molar-refractivity contribution in [2.45, 2.75) is 83.4 Å². The summed E-state index contributed by atoms with van der Waals surface area (Å²) in [5, 5.41) is 0. The molecule has 2 unspecified atom stereocenters. The molecule has 2 nitrogen and oxygen atoms in total. The molecule has 1 aliphatic carbocycles. The van der Waals surface area contributed by atoms with Gasteiger partial charge in [-0.2, -0.15) is 0 Å². The second-order valence-electron chi connectivity index (χ2n) is 6.29.